The van der Waals surface area contributed by atoms with Crippen LogP contribution in [0.25, 0.3) is 11.1 Å². The molecule has 2 aromatic carbocycles. The molecule has 1 aliphatic rings. The van der Waals surface area contributed by atoms with Crippen molar-refractivity contribution in [2.75, 3.05) is 37.7 Å². The lowest BCUT2D eigenvalue weighted by Gasteiger charge is -2.29. The second-order valence-corrected chi connectivity index (χ2v) is 6.74. The standard InChI is InChI=1S/C23H25N3O.C2H6/c1-2-9-23(27-16-10-19-5-4-11-25-18-19)22(8-1)20-6-3-7-21(17-20)26-14-12-24-13-15-26;1-2/h1-9,11,17-18,24H,10,12-16H2;1-2H3. The van der Waals surface area contributed by atoms with E-state index in [1.165, 1.54) is 16.8 Å². The summed E-state index contributed by atoms with van der Waals surface area (Å²) in [6.45, 7) is 8.82. The van der Waals surface area contributed by atoms with Crippen LogP contribution in [0.15, 0.2) is 73.1 Å². The van der Waals surface area contributed by atoms with Crippen LogP contribution < -0.4 is 15.0 Å². The fourth-order valence-corrected chi connectivity index (χ4v) is 3.45. The lowest BCUT2D eigenvalue weighted by Crippen LogP contribution is -2.43. The summed E-state index contributed by atoms with van der Waals surface area (Å²) in [7, 11) is 0. The van der Waals surface area contributed by atoms with Crippen LogP contribution in [0.5, 0.6) is 5.75 Å². The van der Waals surface area contributed by atoms with Crippen LogP contribution in [0.3, 0.4) is 0 Å². The Morgan fingerprint density at radius 1 is 0.966 bits per heavy atom. The second kappa shape index (κ2) is 11.2. The first-order chi connectivity index (χ1) is 14.4. The van der Waals surface area contributed by atoms with Gasteiger partial charge in [-0.1, -0.05) is 50.2 Å². The minimum atomic E-state index is 0.639. The molecule has 0 bridgehead atoms. The van der Waals surface area contributed by atoms with Gasteiger partial charge in [-0.25, -0.2) is 0 Å². The number of ether oxygens (including phenoxy) is 1. The molecular formula is C25H31N3O. The summed E-state index contributed by atoms with van der Waals surface area (Å²) in [6, 6.07) is 21.1. The van der Waals surface area contributed by atoms with Gasteiger partial charge in [-0.2, -0.15) is 0 Å². The zero-order valence-corrected chi connectivity index (χ0v) is 17.5. The molecular weight excluding hydrogens is 358 g/mol. The van der Waals surface area contributed by atoms with Crippen LogP contribution in [0, 0.1) is 0 Å². The Labute approximate surface area is 174 Å². The molecule has 0 aliphatic carbocycles. The number of nitrogens with one attached hydrogen (secondary N) is 1. The average molecular weight is 390 g/mol. The van der Waals surface area contributed by atoms with E-state index in [2.05, 4.69) is 63.7 Å². The largest absolute Gasteiger partial charge is 0.493 e. The maximum Gasteiger partial charge on any atom is 0.127 e. The molecule has 1 saturated heterocycles. The van der Waals surface area contributed by atoms with Crippen molar-refractivity contribution in [2.24, 2.45) is 0 Å². The number of hydrogen-bond donors (Lipinski definition) is 1. The predicted octanol–water partition coefficient (Wildman–Crippen LogP) is 4.81. The summed E-state index contributed by atoms with van der Waals surface area (Å²) in [5, 5.41) is 3.41. The summed E-state index contributed by atoms with van der Waals surface area (Å²) in [5.41, 5.74) is 4.80. The maximum absolute atomic E-state index is 6.13. The molecule has 4 heteroatoms. The highest BCUT2D eigenvalue weighted by molar-refractivity contribution is 5.73. The molecule has 4 rings (SSSR count). The first-order valence-electron chi connectivity index (χ1n) is 10.6. The van der Waals surface area contributed by atoms with E-state index < -0.39 is 0 Å². The minimum absolute atomic E-state index is 0.639. The Kier molecular flexibility index (Phi) is 8.08. The number of piperazine rings is 1. The molecule has 0 unspecified atom stereocenters. The van der Waals surface area contributed by atoms with E-state index in [1.807, 2.05) is 32.2 Å². The van der Waals surface area contributed by atoms with Crippen LogP contribution in [-0.2, 0) is 6.42 Å². The van der Waals surface area contributed by atoms with Crippen molar-refractivity contribution in [2.45, 2.75) is 20.3 Å². The molecule has 29 heavy (non-hydrogen) atoms. The summed E-state index contributed by atoms with van der Waals surface area (Å²) in [4.78, 5) is 6.60. The Balaban J connectivity index is 0.00000117. The number of rotatable bonds is 6. The van der Waals surface area contributed by atoms with Crippen molar-refractivity contribution >= 4 is 5.69 Å². The Morgan fingerprint density at radius 3 is 2.59 bits per heavy atom. The van der Waals surface area contributed by atoms with Crippen LogP contribution in [0.2, 0.25) is 0 Å². The number of benzene rings is 2. The fourth-order valence-electron chi connectivity index (χ4n) is 3.45. The van der Waals surface area contributed by atoms with Gasteiger partial charge in [0.15, 0.2) is 0 Å². The molecule has 152 valence electrons. The Bertz CT molecular complexity index is 861. The van der Waals surface area contributed by atoms with Crippen LogP contribution >= 0.6 is 0 Å². The molecule has 1 fully saturated rings. The summed E-state index contributed by atoms with van der Waals surface area (Å²) < 4.78 is 6.13. The third kappa shape index (κ3) is 5.81. The molecule has 1 aromatic heterocycles. The summed E-state index contributed by atoms with van der Waals surface area (Å²) in [6.07, 6.45) is 4.54. The van der Waals surface area contributed by atoms with E-state index in [9.17, 15) is 0 Å². The normalized spacial score (nSPS) is 13.4. The smallest absolute Gasteiger partial charge is 0.127 e. The summed E-state index contributed by atoms with van der Waals surface area (Å²) >= 11 is 0. The predicted molar refractivity (Wildman–Crippen MR) is 122 cm³/mol. The zero-order valence-electron chi connectivity index (χ0n) is 17.5. The topological polar surface area (TPSA) is 37.4 Å². The van der Waals surface area contributed by atoms with E-state index >= 15 is 0 Å². The first kappa shape index (κ1) is 20.9. The molecule has 0 radical (unpaired) electrons. The van der Waals surface area contributed by atoms with Gasteiger partial charge in [-0.05, 0) is 35.4 Å². The quantitative estimate of drug-likeness (QED) is 0.657. The number of aromatic nitrogens is 1. The van der Waals surface area contributed by atoms with Gasteiger partial charge in [0, 0.05) is 56.2 Å². The van der Waals surface area contributed by atoms with E-state index in [0.717, 1.165) is 43.9 Å². The maximum atomic E-state index is 6.13. The number of pyridine rings is 1. The van der Waals surface area contributed by atoms with Gasteiger partial charge in [-0.15, -0.1) is 0 Å². The van der Waals surface area contributed by atoms with Crippen LogP contribution in [0.1, 0.15) is 19.4 Å². The Hall–Kier alpha value is -2.85. The highest BCUT2D eigenvalue weighted by Crippen LogP contribution is 2.32. The molecule has 3 aromatic rings. The second-order valence-electron chi connectivity index (χ2n) is 6.74. The molecule has 1 N–H and O–H groups in total. The Morgan fingerprint density at radius 2 is 1.79 bits per heavy atom. The van der Waals surface area contributed by atoms with Crippen molar-refractivity contribution in [1.82, 2.24) is 10.3 Å². The van der Waals surface area contributed by atoms with Crippen LogP contribution in [0.4, 0.5) is 5.69 Å². The van der Waals surface area contributed by atoms with E-state index in [4.69, 9.17) is 4.74 Å². The van der Waals surface area contributed by atoms with Gasteiger partial charge in [0.2, 0.25) is 0 Å². The van der Waals surface area contributed by atoms with E-state index in [1.54, 1.807) is 6.20 Å². The van der Waals surface area contributed by atoms with Gasteiger partial charge >= 0.3 is 0 Å². The number of anilines is 1. The molecule has 0 saturated carbocycles. The van der Waals surface area contributed by atoms with Gasteiger partial charge in [-0.3, -0.25) is 4.98 Å². The SMILES string of the molecule is CC.c1cncc(CCOc2ccccc2-c2cccc(N3CCNCC3)c2)c1. The van der Waals surface area contributed by atoms with Gasteiger partial charge in [0.05, 0.1) is 6.61 Å². The van der Waals surface area contributed by atoms with Crippen molar-refractivity contribution in [1.29, 1.82) is 0 Å². The highest BCUT2D eigenvalue weighted by Gasteiger charge is 2.12. The van der Waals surface area contributed by atoms with Crippen LogP contribution in [-0.4, -0.2) is 37.8 Å². The molecule has 1 aliphatic heterocycles. The minimum Gasteiger partial charge on any atom is -0.493 e. The zero-order chi connectivity index (χ0) is 20.3. The molecule has 0 amide bonds. The van der Waals surface area contributed by atoms with Crippen molar-refractivity contribution < 1.29 is 4.74 Å². The van der Waals surface area contributed by atoms with E-state index in [0.29, 0.717) is 6.61 Å². The van der Waals surface area contributed by atoms with E-state index in [-0.39, 0.29) is 0 Å². The average Bonchev–Trinajstić information content (AvgIpc) is 2.82. The van der Waals surface area contributed by atoms with Gasteiger partial charge in [0.25, 0.3) is 0 Å². The highest BCUT2D eigenvalue weighted by atomic mass is 16.5. The number of hydrogen-bond acceptors (Lipinski definition) is 4. The van der Waals surface area contributed by atoms with Gasteiger partial charge < -0.3 is 15.0 Å². The van der Waals surface area contributed by atoms with Crippen molar-refractivity contribution in [3.63, 3.8) is 0 Å². The molecule has 0 atom stereocenters. The molecule has 0 spiro atoms. The lowest BCUT2D eigenvalue weighted by molar-refractivity contribution is 0.323. The monoisotopic (exact) mass is 389 g/mol. The third-order valence-electron chi connectivity index (χ3n) is 4.90. The summed E-state index contributed by atoms with van der Waals surface area (Å²) in [5.74, 6) is 0.929. The fraction of sp³-hybridized carbons (Fsp3) is 0.320. The first-order valence-corrected chi connectivity index (χ1v) is 10.6. The van der Waals surface area contributed by atoms with Gasteiger partial charge in [0.1, 0.15) is 5.75 Å². The number of para-hydroxylation sites is 1. The van der Waals surface area contributed by atoms with Crippen molar-refractivity contribution in [3.8, 4) is 16.9 Å². The van der Waals surface area contributed by atoms with Crippen molar-refractivity contribution in [3.05, 3.63) is 78.6 Å². The third-order valence-corrected chi connectivity index (χ3v) is 4.90. The molecule has 2 heterocycles. The number of nitrogens with zero attached hydrogens (tertiary/aromatic N) is 2. The molecule has 4 nitrogen and oxygen atoms in total. The lowest BCUT2D eigenvalue weighted by atomic mass is 10.0.